The lowest BCUT2D eigenvalue weighted by Crippen LogP contribution is -2.42. The molecule has 0 aromatic heterocycles. The Bertz CT molecular complexity index is 1070. The monoisotopic (exact) mass is 403 g/mol. The lowest BCUT2D eigenvalue weighted by molar-refractivity contribution is -0.384. The number of nitro benzene ring substituents is 1. The van der Waals surface area contributed by atoms with Gasteiger partial charge < -0.3 is 5.11 Å². The summed E-state index contributed by atoms with van der Waals surface area (Å²) >= 11 is 0. The smallest absolute Gasteiger partial charge is 0.269 e. The molecule has 0 aliphatic heterocycles. The maximum absolute atomic E-state index is 13.4. The Hall–Kier alpha value is -2.95. The molecule has 0 radical (unpaired) electrons. The van der Waals surface area contributed by atoms with Crippen LogP contribution in [-0.2, 0) is 11.2 Å². The lowest BCUT2D eigenvalue weighted by atomic mass is 9.55. The Kier molecular flexibility index (Phi) is 4.31. The van der Waals surface area contributed by atoms with E-state index in [0.29, 0.717) is 23.5 Å². The van der Waals surface area contributed by atoms with E-state index in [1.165, 1.54) is 23.3 Å². The highest BCUT2D eigenvalue weighted by Gasteiger charge is 2.56. The molecule has 154 valence electrons. The predicted octanol–water partition coefficient (Wildman–Crippen LogP) is 5.42. The number of hydrogen-bond acceptors (Lipinski definition) is 4. The third-order valence-corrected chi connectivity index (χ3v) is 7.79. The molecule has 2 aromatic carbocycles. The molecule has 4 atom stereocenters. The first-order chi connectivity index (χ1) is 14.4. The molecule has 2 aromatic rings. The minimum Gasteiger partial charge on any atom is -0.508 e. The first-order valence-corrected chi connectivity index (χ1v) is 10.7. The van der Waals surface area contributed by atoms with Crippen LogP contribution >= 0.6 is 0 Å². The van der Waals surface area contributed by atoms with E-state index in [9.17, 15) is 20.0 Å². The second-order valence-electron chi connectivity index (χ2n) is 9.31. The van der Waals surface area contributed by atoms with Gasteiger partial charge in [-0.2, -0.15) is 0 Å². The van der Waals surface area contributed by atoms with E-state index in [0.717, 1.165) is 43.2 Å². The Morgan fingerprint density at radius 3 is 2.67 bits per heavy atom. The van der Waals surface area contributed by atoms with Gasteiger partial charge in [0, 0.05) is 17.5 Å². The van der Waals surface area contributed by atoms with Gasteiger partial charge in [0.15, 0.2) is 5.78 Å². The molecule has 0 bridgehead atoms. The number of nitrogens with zero attached hydrogens (tertiary/aromatic N) is 1. The summed E-state index contributed by atoms with van der Waals surface area (Å²) in [6.07, 6.45) is 6.61. The van der Waals surface area contributed by atoms with E-state index in [4.69, 9.17) is 0 Å². The van der Waals surface area contributed by atoms with E-state index in [2.05, 4.69) is 13.0 Å². The number of phenols is 1. The fraction of sp³-hybridized carbons (Fsp3) is 0.400. The zero-order chi connectivity index (χ0) is 21.0. The summed E-state index contributed by atoms with van der Waals surface area (Å²) in [5.74, 6) is 1.85. The number of rotatable bonds is 2. The molecule has 2 fully saturated rings. The maximum atomic E-state index is 13.4. The number of phenolic OH excluding ortho intramolecular Hbond substituents is 1. The van der Waals surface area contributed by atoms with Crippen molar-refractivity contribution in [3.05, 3.63) is 74.8 Å². The quantitative estimate of drug-likeness (QED) is 0.412. The van der Waals surface area contributed by atoms with Gasteiger partial charge in [-0.05, 0) is 102 Å². The Morgan fingerprint density at radius 2 is 1.93 bits per heavy atom. The summed E-state index contributed by atoms with van der Waals surface area (Å²) in [4.78, 5) is 23.9. The van der Waals surface area contributed by atoms with Crippen LogP contribution in [0.3, 0.4) is 0 Å². The van der Waals surface area contributed by atoms with Crippen LogP contribution in [0.2, 0.25) is 0 Å². The largest absolute Gasteiger partial charge is 0.508 e. The third-order valence-electron chi connectivity index (χ3n) is 7.79. The molecule has 0 saturated heterocycles. The molecule has 1 N–H and O–H groups in total. The van der Waals surface area contributed by atoms with Crippen LogP contribution in [0.25, 0.3) is 6.08 Å². The topological polar surface area (TPSA) is 80.4 Å². The zero-order valence-electron chi connectivity index (χ0n) is 17.0. The molecule has 2 saturated carbocycles. The first-order valence-electron chi connectivity index (χ1n) is 10.7. The predicted molar refractivity (Wildman–Crippen MR) is 114 cm³/mol. The van der Waals surface area contributed by atoms with Gasteiger partial charge >= 0.3 is 0 Å². The lowest BCUT2D eigenvalue weighted by Gasteiger charge is -2.48. The number of aryl methyl sites for hydroxylation is 1. The van der Waals surface area contributed by atoms with Gasteiger partial charge in [0.25, 0.3) is 5.69 Å². The standard InChI is InChI=1S/C25H25NO4/c1-25-11-10-21-20-9-7-19(27)13-16(20)4-8-22(21)23(25)14-17(24(25)28)12-15-2-5-18(6-3-15)26(29)30/h2-3,5-7,9,12-13,21-23,27H,4,8,10-11,14H2,1H3/b17-12+/t21?,22?,23?,25-/m0/s1. The van der Waals surface area contributed by atoms with Gasteiger partial charge in [-0.25, -0.2) is 0 Å². The van der Waals surface area contributed by atoms with Gasteiger partial charge in [0.05, 0.1) is 4.92 Å². The van der Waals surface area contributed by atoms with Crippen molar-refractivity contribution < 1.29 is 14.8 Å². The summed E-state index contributed by atoms with van der Waals surface area (Å²) in [5.41, 5.74) is 4.05. The van der Waals surface area contributed by atoms with Crippen molar-refractivity contribution in [2.24, 2.45) is 17.3 Å². The summed E-state index contributed by atoms with van der Waals surface area (Å²) in [6.45, 7) is 2.14. The molecule has 5 nitrogen and oxygen atoms in total. The van der Waals surface area contributed by atoms with Crippen molar-refractivity contribution in [2.45, 2.75) is 44.9 Å². The summed E-state index contributed by atoms with van der Waals surface area (Å²) in [7, 11) is 0. The summed E-state index contributed by atoms with van der Waals surface area (Å²) in [5, 5.41) is 20.7. The number of allylic oxidation sites excluding steroid dienone is 1. The number of ketones is 1. The molecule has 0 heterocycles. The van der Waals surface area contributed by atoms with Crippen molar-refractivity contribution in [3.8, 4) is 5.75 Å². The fourth-order valence-corrected chi connectivity index (χ4v) is 6.26. The van der Waals surface area contributed by atoms with Crippen molar-refractivity contribution >= 4 is 17.5 Å². The van der Waals surface area contributed by atoms with Crippen molar-refractivity contribution in [1.29, 1.82) is 0 Å². The highest BCUT2D eigenvalue weighted by Crippen LogP contribution is 2.60. The highest BCUT2D eigenvalue weighted by molar-refractivity contribution is 6.06. The first kappa shape index (κ1) is 19.0. The molecule has 0 spiro atoms. The molecule has 5 heteroatoms. The molecule has 30 heavy (non-hydrogen) atoms. The van der Waals surface area contributed by atoms with Crippen LogP contribution in [0.1, 0.15) is 55.2 Å². The second kappa shape index (κ2) is 6.79. The highest BCUT2D eigenvalue weighted by atomic mass is 16.6. The number of non-ortho nitro benzene ring substituents is 1. The number of carbonyl (C=O) groups excluding carboxylic acids is 1. The van der Waals surface area contributed by atoms with Gasteiger partial charge in [0.2, 0.25) is 0 Å². The van der Waals surface area contributed by atoms with Crippen molar-refractivity contribution in [1.82, 2.24) is 0 Å². The number of Topliss-reactive ketones (excluding diaryl/α,β-unsaturated/α-hetero) is 1. The van der Waals surface area contributed by atoms with E-state index in [1.807, 2.05) is 12.1 Å². The normalized spacial score (nSPS) is 31.2. The maximum Gasteiger partial charge on any atom is 0.269 e. The van der Waals surface area contributed by atoms with Crippen LogP contribution in [0.5, 0.6) is 5.75 Å². The van der Waals surface area contributed by atoms with Crippen LogP contribution in [-0.4, -0.2) is 15.8 Å². The molecule has 3 aliphatic carbocycles. The van der Waals surface area contributed by atoms with Crippen LogP contribution < -0.4 is 0 Å². The fourth-order valence-electron chi connectivity index (χ4n) is 6.26. The zero-order valence-corrected chi connectivity index (χ0v) is 17.0. The van der Waals surface area contributed by atoms with Crippen molar-refractivity contribution in [2.75, 3.05) is 0 Å². The Morgan fingerprint density at radius 1 is 1.17 bits per heavy atom. The minimum absolute atomic E-state index is 0.0604. The van der Waals surface area contributed by atoms with Crippen molar-refractivity contribution in [3.63, 3.8) is 0 Å². The van der Waals surface area contributed by atoms with Crippen LogP contribution in [0, 0.1) is 27.4 Å². The van der Waals surface area contributed by atoms with E-state index in [1.54, 1.807) is 18.2 Å². The van der Waals surface area contributed by atoms with Crippen LogP contribution in [0.15, 0.2) is 48.0 Å². The summed E-state index contributed by atoms with van der Waals surface area (Å²) in [6, 6.07) is 12.2. The number of benzene rings is 2. The Labute approximate surface area is 175 Å². The number of nitro groups is 1. The number of hydrogen-bond donors (Lipinski definition) is 1. The number of carbonyl (C=O) groups is 1. The summed E-state index contributed by atoms with van der Waals surface area (Å²) < 4.78 is 0. The second-order valence-corrected chi connectivity index (χ2v) is 9.31. The van der Waals surface area contributed by atoms with E-state index >= 15 is 0 Å². The average molecular weight is 403 g/mol. The molecule has 3 aliphatic rings. The number of fused-ring (bicyclic) bond motifs is 5. The molecular weight excluding hydrogens is 378 g/mol. The van der Waals surface area contributed by atoms with Gasteiger partial charge in [-0.1, -0.05) is 13.0 Å². The van der Waals surface area contributed by atoms with E-state index < -0.39 is 4.92 Å². The Balaban J connectivity index is 1.45. The molecular formula is C25H25NO4. The SMILES string of the molecule is C[C@]12CCC3c4ccc(O)cc4CCC3C1C/C(=C\c1ccc([N+](=O)[O-])cc1)C2=O. The minimum atomic E-state index is -0.409. The molecule has 5 rings (SSSR count). The third kappa shape index (κ3) is 2.87. The average Bonchev–Trinajstić information content (AvgIpc) is 2.98. The molecule has 0 amide bonds. The number of aromatic hydroxyl groups is 1. The van der Waals surface area contributed by atoms with E-state index in [-0.39, 0.29) is 16.9 Å². The van der Waals surface area contributed by atoms with Crippen LogP contribution in [0.4, 0.5) is 5.69 Å². The van der Waals surface area contributed by atoms with Gasteiger partial charge in [0.1, 0.15) is 5.75 Å². The van der Waals surface area contributed by atoms with Gasteiger partial charge in [-0.15, -0.1) is 0 Å². The molecule has 3 unspecified atom stereocenters. The van der Waals surface area contributed by atoms with Gasteiger partial charge in [-0.3, -0.25) is 14.9 Å².